The van der Waals surface area contributed by atoms with Crippen LogP contribution < -0.4 is 0 Å². The fourth-order valence-corrected chi connectivity index (χ4v) is 4.72. The molecule has 1 aromatic carbocycles. The molecule has 1 fully saturated rings. The standard InChI is InChI=1S/C20H22N2O3/c1-3-22-19(24)17-13-9-10-16(23)21(2)15(13)11-14(18(17)20(22)25)12-7-5-4-6-8-12/h4-8,14,17-18H,3,9-11H2,1-2H3. The molecule has 130 valence electrons. The van der Waals surface area contributed by atoms with Crippen LogP contribution in [0.1, 0.15) is 37.7 Å². The Hall–Kier alpha value is -2.43. The SMILES string of the molecule is CCN1C(=O)C2C3=C(CC(c4ccccc4)C2C1=O)N(C)C(=O)CC3. The number of hydrogen-bond acceptors (Lipinski definition) is 3. The lowest BCUT2D eigenvalue weighted by Gasteiger charge is -2.40. The summed E-state index contributed by atoms with van der Waals surface area (Å²) in [6.45, 7) is 2.25. The minimum atomic E-state index is -0.406. The second kappa shape index (κ2) is 5.83. The molecule has 3 aliphatic rings. The number of carbonyl (C=O) groups is 3. The molecule has 1 aliphatic carbocycles. The number of amides is 3. The van der Waals surface area contributed by atoms with Crippen molar-refractivity contribution >= 4 is 17.7 Å². The Balaban J connectivity index is 1.86. The molecule has 4 rings (SSSR count). The van der Waals surface area contributed by atoms with Crippen LogP contribution in [0.4, 0.5) is 0 Å². The summed E-state index contributed by atoms with van der Waals surface area (Å²) >= 11 is 0. The monoisotopic (exact) mass is 338 g/mol. The molecule has 0 spiro atoms. The summed E-state index contributed by atoms with van der Waals surface area (Å²) in [4.78, 5) is 41.2. The maximum atomic E-state index is 13.0. The lowest BCUT2D eigenvalue weighted by Crippen LogP contribution is -2.40. The van der Waals surface area contributed by atoms with Crippen LogP contribution in [0.3, 0.4) is 0 Å². The van der Waals surface area contributed by atoms with Gasteiger partial charge in [-0.3, -0.25) is 19.3 Å². The van der Waals surface area contributed by atoms with Gasteiger partial charge in [-0.25, -0.2) is 0 Å². The molecule has 0 saturated carbocycles. The van der Waals surface area contributed by atoms with Crippen molar-refractivity contribution in [2.24, 2.45) is 11.8 Å². The quantitative estimate of drug-likeness (QED) is 0.778. The third kappa shape index (κ3) is 2.25. The van der Waals surface area contributed by atoms with Crippen molar-refractivity contribution in [3.63, 3.8) is 0 Å². The summed E-state index contributed by atoms with van der Waals surface area (Å²) < 4.78 is 0. The van der Waals surface area contributed by atoms with Gasteiger partial charge in [0.05, 0.1) is 11.8 Å². The smallest absolute Gasteiger partial charge is 0.237 e. The van der Waals surface area contributed by atoms with Gasteiger partial charge in [0, 0.05) is 31.6 Å². The van der Waals surface area contributed by atoms with Gasteiger partial charge >= 0.3 is 0 Å². The molecule has 25 heavy (non-hydrogen) atoms. The highest BCUT2D eigenvalue weighted by atomic mass is 16.2. The molecule has 1 aromatic rings. The van der Waals surface area contributed by atoms with Gasteiger partial charge in [-0.15, -0.1) is 0 Å². The van der Waals surface area contributed by atoms with E-state index in [2.05, 4.69) is 0 Å². The van der Waals surface area contributed by atoms with E-state index in [9.17, 15) is 14.4 Å². The lowest BCUT2D eigenvalue weighted by molar-refractivity contribution is -0.139. The maximum absolute atomic E-state index is 13.0. The molecule has 5 heteroatoms. The molecule has 3 amide bonds. The maximum Gasteiger partial charge on any atom is 0.237 e. The van der Waals surface area contributed by atoms with Crippen LogP contribution >= 0.6 is 0 Å². The number of benzene rings is 1. The highest BCUT2D eigenvalue weighted by Gasteiger charge is 2.55. The van der Waals surface area contributed by atoms with E-state index < -0.39 is 5.92 Å². The second-order valence-electron chi connectivity index (χ2n) is 7.07. The molecule has 3 unspecified atom stereocenters. The van der Waals surface area contributed by atoms with Gasteiger partial charge < -0.3 is 4.90 Å². The largest absolute Gasteiger partial charge is 0.319 e. The number of carbonyl (C=O) groups excluding carboxylic acids is 3. The zero-order valence-corrected chi connectivity index (χ0v) is 14.6. The molecule has 5 nitrogen and oxygen atoms in total. The van der Waals surface area contributed by atoms with Gasteiger partial charge in [-0.2, -0.15) is 0 Å². The predicted octanol–water partition coefficient (Wildman–Crippen LogP) is 2.30. The van der Waals surface area contributed by atoms with Crippen molar-refractivity contribution in [3.05, 3.63) is 47.2 Å². The van der Waals surface area contributed by atoms with E-state index in [-0.39, 0.29) is 29.6 Å². The summed E-state index contributed by atoms with van der Waals surface area (Å²) in [7, 11) is 1.79. The molecule has 1 saturated heterocycles. The molecule has 0 bridgehead atoms. The van der Waals surface area contributed by atoms with E-state index in [4.69, 9.17) is 0 Å². The van der Waals surface area contributed by atoms with Crippen molar-refractivity contribution in [2.75, 3.05) is 13.6 Å². The first-order valence-corrected chi connectivity index (χ1v) is 8.93. The molecular weight excluding hydrogens is 316 g/mol. The van der Waals surface area contributed by atoms with E-state index in [0.717, 1.165) is 16.8 Å². The third-order valence-electron chi connectivity index (χ3n) is 5.97. The topological polar surface area (TPSA) is 57.7 Å². The second-order valence-corrected chi connectivity index (χ2v) is 7.07. The first-order valence-electron chi connectivity index (χ1n) is 8.93. The van der Waals surface area contributed by atoms with Crippen LogP contribution in [-0.2, 0) is 14.4 Å². The number of nitrogens with zero attached hydrogens (tertiary/aromatic N) is 2. The summed E-state index contributed by atoms with van der Waals surface area (Å²) in [5.41, 5.74) is 3.02. The molecule has 0 radical (unpaired) electrons. The van der Waals surface area contributed by atoms with E-state index in [1.54, 1.807) is 11.9 Å². The Morgan fingerprint density at radius 1 is 1.04 bits per heavy atom. The van der Waals surface area contributed by atoms with Crippen molar-refractivity contribution < 1.29 is 14.4 Å². The minimum absolute atomic E-state index is 0.0579. The molecular formula is C20H22N2O3. The highest BCUT2D eigenvalue weighted by Crippen LogP contribution is 2.51. The molecule has 0 N–H and O–H groups in total. The molecule has 3 atom stereocenters. The predicted molar refractivity (Wildman–Crippen MR) is 92.2 cm³/mol. The summed E-state index contributed by atoms with van der Waals surface area (Å²) in [5.74, 6) is -0.863. The Bertz CT molecular complexity index is 783. The number of hydrogen-bond donors (Lipinski definition) is 0. The van der Waals surface area contributed by atoms with Crippen LogP contribution in [0.15, 0.2) is 41.6 Å². The van der Waals surface area contributed by atoms with Crippen LogP contribution in [0, 0.1) is 11.8 Å². The Labute approximate surface area is 147 Å². The van der Waals surface area contributed by atoms with E-state index in [1.165, 1.54) is 4.90 Å². The average Bonchev–Trinajstić information content (AvgIpc) is 2.89. The van der Waals surface area contributed by atoms with Gasteiger partial charge in [0.15, 0.2) is 0 Å². The van der Waals surface area contributed by atoms with E-state index in [0.29, 0.717) is 25.8 Å². The first-order chi connectivity index (χ1) is 12.0. The molecule has 2 heterocycles. The zero-order chi connectivity index (χ0) is 17.7. The van der Waals surface area contributed by atoms with Gasteiger partial charge in [0.25, 0.3) is 0 Å². The third-order valence-corrected chi connectivity index (χ3v) is 5.97. The van der Waals surface area contributed by atoms with Crippen LogP contribution in [0.25, 0.3) is 0 Å². The first kappa shape index (κ1) is 16.1. The van der Waals surface area contributed by atoms with Gasteiger partial charge in [-0.05, 0) is 30.9 Å². The lowest BCUT2D eigenvalue weighted by atomic mass is 9.67. The Morgan fingerprint density at radius 3 is 2.44 bits per heavy atom. The van der Waals surface area contributed by atoms with Gasteiger partial charge in [0.2, 0.25) is 17.7 Å². The normalized spacial score (nSPS) is 29.2. The van der Waals surface area contributed by atoms with Crippen molar-refractivity contribution in [1.82, 2.24) is 9.80 Å². The van der Waals surface area contributed by atoms with Crippen LogP contribution in [0.2, 0.25) is 0 Å². The average molecular weight is 338 g/mol. The van der Waals surface area contributed by atoms with Crippen LogP contribution in [-0.4, -0.2) is 41.1 Å². The van der Waals surface area contributed by atoms with E-state index in [1.807, 2.05) is 37.3 Å². The fourth-order valence-electron chi connectivity index (χ4n) is 4.72. The van der Waals surface area contributed by atoms with Crippen molar-refractivity contribution in [2.45, 2.75) is 32.1 Å². The number of allylic oxidation sites excluding steroid dienone is 1. The summed E-state index contributed by atoms with van der Waals surface area (Å²) in [5, 5.41) is 0. The summed E-state index contributed by atoms with van der Waals surface area (Å²) in [6, 6.07) is 9.91. The van der Waals surface area contributed by atoms with Gasteiger partial charge in [-0.1, -0.05) is 30.3 Å². The number of fused-ring (bicyclic) bond motifs is 2. The van der Waals surface area contributed by atoms with Crippen LogP contribution in [0.5, 0.6) is 0 Å². The highest BCUT2D eigenvalue weighted by molar-refractivity contribution is 6.07. The Kier molecular flexibility index (Phi) is 3.74. The fraction of sp³-hybridized carbons (Fsp3) is 0.450. The van der Waals surface area contributed by atoms with Crippen molar-refractivity contribution in [3.8, 4) is 0 Å². The zero-order valence-electron chi connectivity index (χ0n) is 14.6. The number of likely N-dealkylation sites (tertiary alicyclic amines) is 1. The van der Waals surface area contributed by atoms with Gasteiger partial charge in [0.1, 0.15) is 0 Å². The summed E-state index contributed by atoms with van der Waals surface area (Å²) in [6.07, 6.45) is 1.65. The minimum Gasteiger partial charge on any atom is -0.319 e. The molecule has 2 aliphatic heterocycles. The molecule has 0 aromatic heterocycles. The number of imide groups is 1. The Morgan fingerprint density at radius 2 is 1.76 bits per heavy atom. The number of rotatable bonds is 2. The van der Waals surface area contributed by atoms with E-state index >= 15 is 0 Å². The van der Waals surface area contributed by atoms with Crippen molar-refractivity contribution in [1.29, 1.82) is 0 Å².